The van der Waals surface area contributed by atoms with Crippen molar-refractivity contribution in [3.05, 3.63) is 30.3 Å². The molecule has 1 N–H and O–H groups in total. The number of benzene rings is 1. The lowest BCUT2D eigenvalue weighted by atomic mass is 10.2. The van der Waals surface area contributed by atoms with Crippen LogP contribution >= 0.6 is 11.8 Å². The summed E-state index contributed by atoms with van der Waals surface area (Å²) >= 11 is 1.96. The van der Waals surface area contributed by atoms with E-state index in [0.29, 0.717) is 4.90 Å². The van der Waals surface area contributed by atoms with Crippen LogP contribution in [0, 0.1) is 0 Å². The van der Waals surface area contributed by atoms with Crippen LogP contribution in [0.25, 0.3) is 0 Å². The Hall–Kier alpha value is -1.21. The van der Waals surface area contributed by atoms with Crippen molar-refractivity contribution >= 4 is 27.6 Å². The quantitative estimate of drug-likeness (QED) is 0.626. The van der Waals surface area contributed by atoms with Gasteiger partial charge in [-0.25, -0.2) is 8.42 Å². The number of nitrogens with zero attached hydrogens (tertiary/aromatic N) is 2. The van der Waals surface area contributed by atoms with E-state index in [0.717, 1.165) is 31.2 Å². The van der Waals surface area contributed by atoms with E-state index in [9.17, 15) is 8.42 Å². The van der Waals surface area contributed by atoms with Gasteiger partial charge in [-0.05, 0) is 32.4 Å². The number of aliphatic imine (C=N–C) groups is 1. The van der Waals surface area contributed by atoms with E-state index < -0.39 is 9.84 Å². The van der Waals surface area contributed by atoms with Crippen LogP contribution in [-0.2, 0) is 9.84 Å². The van der Waals surface area contributed by atoms with Gasteiger partial charge in [0.05, 0.1) is 10.6 Å². The van der Waals surface area contributed by atoms with Gasteiger partial charge in [0, 0.05) is 36.7 Å². The summed E-state index contributed by atoms with van der Waals surface area (Å²) in [4.78, 5) is 7.00. The van der Waals surface area contributed by atoms with Crippen LogP contribution in [0.2, 0.25) is 0 Å². The molecule has 1 fully saturated rings. The molecule has 0 bridgehead atoms. The average Bonchev–Trinajstić information content (AvgIpc) is 2.58. The van der Waals surface area contributed by atoms with Gasteiger partial charge in [0.15, 0.2) is 15.8 Å². The average molecular weight is 384 g/mol. The molecule has 1 aliphatic heterocycles. The Morgan fingerprint density at radius 1 is 1.36 bits per heavy atom. The first kappa shape index (κ1) is 20.1. The van der Waals surface area contributed by atoms with Crippen LogP contribution < -0.4 is 5.32 Å². The van der Waals surface area contributed by atoms with Crippen molar-refractivity contribution in [2.24, 2.45) is 4.99 Å². The summed E-state index contributed by atoms with van der Waals surface area (Å²) < 4.78 is 25.5. The van der Waals surface area contributed by atoms with Gasteiger partial charge in [-0.1, -0.05) is 25.1 Å². The van der Waals surface area contributed by atoms with Crippen LogP contribution in [0.3, 0.4) is 0 Å². The van der Waals surface area contributed by atoms with E-state index >= 15 is 0 Å². The summed E-state index contributed by atoms with van der Waals surface area (Å²) in [5, 5.41) is 3.37. The Bertz CT molecular complexity index is 688. The van der Waals surface area contributed by atoms with Crippen molar-refractivity contribution in [3.8, 4) is 0 Å². The Labute approximate surface area is 156 Å². The standard InChI is InChI=1S/C18H29N3O2S2/c1-5-15(13-25(22,23)16-9-7-6-8-10-16)20-17(19-4)21-11-12-24-18(2,3)14-21/h6-10,15H,5,11-14H2,1-4H3,(H,19,20). The zero-order valence-electron chi connectivity index (χ0n) is 15.5. The molecule has 1 aromatic rings. The van der Waals surface area contributed by atoms with E-state index in [2.05, 4.69) is 29.1 Å². The summed E-state index contributed by atoms with van der Waals surface area (Å²) in [6.45, 7) is 8.29. The van der Waals surface area contributed by atoms with E-state index in [4.69, 9.17) is 0 Å². The van der Waals surface area contributed by atoms with Gasteiger partial charge in [0.2, 0.25) is 0 Å². The molecule has 0 saturated carbocycles. The Morgan fingerprint density at radius 3 is 2.60 bits per heavy atom. The van der Waals surface area contributed by atoms with Gasteiger partial charge in [0.1, 0.15) is 0 Å². The second-order valence-corrected chi connectivity index (χ2v) is 10.8. The Kier molecular flexibility index (Phi) is 6.79. The minimum atomic E-state index is -3.32. The van der Waals surface area contributed by atoms with Crippen LogP contribution in [0.15, 0.2) is 40.2 Å². The summed E-state index contributed by atoms with van der Waals surface area (Å²) in [7, 11) is -1.56. The lowest BCUT2D eigenvalue weighted by molar-refractivity contribution is 0.370. The lowest BCUT2D eigenvalue weighted by Gasteiger charge is -2.40. The number of guanidine groups is 1. The molecule has 0 radical (unpaired) electrons. The zero-order valence-corrected chi connectivity index (χ0v) is 17.2. The largest absolute Gasteiger partial charge is 0.352 e. The van der Waals surface area contributed by atoms with Gasteiger partial charge < -0.3 is 10.2 Å². The number of nitrogens with one attached hydrogen (secondary N) is 1. The van der Waals surface area contributed by atoms with Crippen LogP contribution in [0.1, 0.15) is 27.2 Å². The second kappa shape index (κ2) is 8.45. The Morgan fingerprint density at radius 2 is 2.04 bits per heavy atom. The summed E-state index contributed by atoms with van der Waals surface area (Å²) in [5.74, 6) is 1.91. The predicted octanol–water partition coefficient (Wildman–Crippen LogP) is 2.64. The van der Waals surface area contributed by atoms with Crippen molar-refractivity contribution in [1.29, 1.82) is 0 Å². The molecule has 1 heterocycles. The third kappa shape index (κ3) is 5.64. The van der Waals surface area contributed by atoms with Gasteiger partial charge in [0.25, 0.3) is 0 Å². The first-order valence-electron chi connectivity index (χ1n) is 8.67. The maximum atomic E-state index is 12.7. The fraction of sp³-hybridized carbons (Fsp3) is 0.611. The smallest absolute Gasteiger partial charge is 0.193 e. The molecule has 1 saturated heterocycles. The SMILES string of the molecule is CCC(CS(=O)(=O)c1ccccc1)NC(=NC)N1CCSC(C)(C)C1. The molecule has 7 heteroatoms. The Balaban J connectivity index is 2.07. The molecule has 25 heavy (non-hydrogen) atoms. The molecule has 0 aliphatic carbocycles. The summed E-state index contributed by atoms with van der Waals surface area (Å²) in [6.07, 6.45) is 0.719. The fourth-order valence-electron chi connectivity index (χ4n) is 2.93. The third-order valence-electron chi connectivity index (χ3n) is 4.29. The maximum Gasteiger partial charge on any atom is 0.193 e. The molecule has 2 rings (SSSR count). The van der Waals surface area contributed by atoms with Gasteiger partial charge in [-0.2, -0.15) is 11.8 Å². The molecular formula is C18H29N3O2S2. The minimum Gasteiger partial charge on any atom is -0.352 e. The second-order valence-electron chi connectivity index (χ2n) is 6.92. The molecule has 1 aromatic carbocycles. The number of rotatable bonds is 5. The normalized spacial score (nSPS) is 19.5. The first-order valence-corrected chi connectivity index (χ1v) is 11.3. The van der Waals surface area contributed by atoms with E-state index in [-0.39, 0.29) is 16.5 Å². The lowest BCUT2D eigenvalue weighted by Crippen LogP contribution is -2.54. The fourth-order valence-corrected chi connectivity index (χ4v) is 5.65. The summed E-state index contributed by atoms with van der Waals surface area (Å²) in [6, 6.07) is 8.48. The number of hydrogen-bond donors (Lipinski definition) is 1. The van der Waals surface area contributed by atoms with E-state index in [1.807, 2.05) is 24.8 Å². The summed E-state index contributed by atoms with van der Waals surface area (Å²) in [5.41, 5.74) is 0. The highest BCUT2D eigenvalue weighted by Gasteiger charge is 2.30. The zero-order chi connectivity index (χ0) is 18.5. The van der Waals surface area contributed by atoms with Crippen LogP contribution in [0.4, 0.5) is 0 Å². The number of sulfone groups is 1. The molecule has 0 amide bonds. The highest BCUT2D eigenvalue weighted by Crippen LogP contribution is 2.29. The number of hydrogen-bond acceptors (Lipinski definition) is 4. The highest BCUT2D eigenvalue weighted by atomic mass is 32.2. The third-order valence-corrected chi connectivity index (χ3v) is 7.41. The molecule has 1 aliphatic rings. The van der Waals surface area contributed by atoms with Crippen molar-refractivity contribution < 1.29 is 8.42 Å². The molecule has 1 atom stereocenters. The van der Waals surface area contributed by atoms with Gasteiger partial charge >= 0.3 is 0 Å². The molecule has 140 valence electrons. The molecule has 5 nitrogen and oxygen atoms in total. The van der Waals surface area contributed by atoms with E-state index in [1.54, 1.807) is 31.3 Å². The van der Waals surface area contributed by atoms with Crippen molar-refractivity contribution in [2.75, 3.05) is 31.6 Å². The predicted molar refractivity (Wildman–Crippen MR) is 107 cm³/mol. The van der Waals surface area contributed by atoms with Crippen molar-refractivity contribution in [1.82, 2.24) is 10.2 Å². The molecule has 1 unspecified atom stereocenters. The van der Waals surface area contributed by atoms with Gasteiger partial charge in [-0.3, -0.25) is 4.99 Å². The minimum absolute atomic E-state index is 0.0680. The topological polar surface area (TPSA) is 61.8 Å². The maximum absolute atomic E-state index is 12.7. The first-order chi connectivity index (χ1) is 11.8. The van der Waals surface area contributed by atoms with Crippen LogP contribution in [-0.4, -0.2) is 61.7 Å². The van der Waals surface area contributed by atoms with Crippen molar-refractivity contribution in [2.45, 2.75) is 42.9 Å². The molecule has 0 spiro atoms. The van der Waals surface area contributed by atoms with Crippen LogP contribution in [0.5, 0.6) is 0 Å². The van der Waals surface area contributed by atoms with Gasteiger partial charge in [-0.15, -0.1) is 0 Å². The number of thioether (sulfide) groups is 1. The van der Waals surface area contributed by atoms with Crippen molar-refractivity contribution in [3.63, 3.8) is 0 Å². The molecule has 0 aromatic heterocycles. The highest BCUT2D eigenvalue weighted by molar-refractivity contribution is 8.00. The molecular weight excluding hydrogens is 354 g/mol. The van der Waals surface area contributed by atoms with E-state index in [1.165, 1.54) is 0 Å². The monoisotopic (exact) mass is 383 g/mol.